The van der Waals surface area contributed by atoms with Crippen molar-refractivity contribution in [2.24, 2.45) is 0 Å². The molecule has 0 aliphatic heterocycles. The highest BCUT2D eigenvalue weighted by molar-refractivity contribution is 9.09. The maximum atomic E-state index is 11.7. The fraction of sp³-hybridized carbons (Fsp3) is 0.462. The molecule has 18 heavy (non-hydrogen) atoms. The van der Waals surface area contributed by atoms with E-state index in [9.17, 15) is 4.79 Å². The number of anilines is 1. The van der Waals surface area contributed by atoms with Crippen molar-refractivity contribution in [2.75, 3.05) is 28.8 Å². The van der Waals surface area contributed by atoms with Crippen molar-refractivity contribution in [3.8, 4) is 5.75 Å². The molecule has 0 aromatic heterocycles. The first-order valence-corrected chi connectivity index (χ1v) is 8.21. The normalized spacial score (nSPS) is 10.1. The van der Waals surface area contributed by atoms with Gasteiger partial charge in [-0.1, -0.05) is 28.1 Å². The standard InChI is InChI=1S/C13H18BrNO2S/c1-2-17-12-7-4-3-6-11(12)15-13(16)10-18-9-5-8-14/h3-4,6-7H,2,5,8-10H2,1H3,(H,15,16). The highest BCUT2D eigenvalue weighted by Gasteiger charge is 2.06. The number of hydrogen-bond acceptors (Lipinski definition) is 3. The molecule has 1 amide bonds. The summed E-state index contributed by atoms with van der Waals surface area (Å²) in [6, 6.07) is 7.49. The number of halogens is 1. The van der Waals surface area contributed by atoms with Crippen molar-refractivity contribution < 1.29 is 9.53 Å². The molecule has 100 valence electrons. The maximum Gasteiger partial charge on any atom is 0.234 e. The minimum absolute atomic E-state index is 0.0155. The second-order valence-electron chi connectivity index (χ2n) is 3.57. The van der Waals surface area contributed by atoms with E-state index in [-0.39, 0.29) is 5.91 Å². The first-order chi connectivity index (χ1) is 8.77. The zero-order valence-electron chi connectivity index (χ0n) is 10.4. The van der Waals surface area contributed by atoms with Crippen LogP contribution < -0.4 is 10.1 Å². The van der Waals surface area contributed by atoms with Gasteiger partial charge in [0.2, 0.25) is 5.91 Å². The quantitative estimate of drug-likeness (QED) is 0.584. The van der Waals surface area contributed by atoms with Gasteiger partial charge in [0.05, 0.1) is 18.0 Å². The summed E-state index contributed by atoms with van der Waals surface area (Å²) in [6.07, 6.45) is 1.08. The van der Waals surface area contributed by atoms with Gasteiger partial charge in [-0.2, -0.15) is 11.8 Å². The molecule has 0 bridgehead atoms. The van der Waals surface area contributed by atoms with Crippen LogP contribution in [0.3, 0.4) is 0 Å². The Morgan fingerprint density at radius 2 is 2.22 bits per heavy atom. The topological polar surface area (TPSA) is 38.3 Å². The van der Waals surface area contributed by atoms with Crippen molar-refractivity contribution >= 4 is 39.3 Å². The minimum atomic E-state index is 0.0155. The van der Waals surface area contributed by atoms with Gasteiger partial charge in [0.1, 0.15) is 5.75 Å². The Bertz CT molecular complexity index is 374. The number of rotatable bonds is 8. The van der Waals surface area contributed by atoms with E-state index in [0.29, 0.717) is 12.4 Å². The van der Waals surface area contributed by atoms with Gasteiger partial charge in [-0.25, -0.2) is 0 Å². The number of hydrogen-bond donors (Lipinski definition) is 1. The summed E-state index contributed by atoms with van der Waals surface area (Å²) in [5, 5.41) is 3.86. The van der Waals surface area contributed by atoms with Crippen LogP contribution in [0.15, 0.2) is 24.3 Å². The number of thioether (sulfide) groups is 1. The van der Waals surface area contributed by atoms with Crippen LogP contribution in [0.5, 0.6) is 5.75 Å². The van der Waals surface area contributed by atoms with Gasteiger partial charge in [0.25, 0.3) is 0 Å². The summed E-state index contributed by atoms with van der Waals surface area (Å²) < 4.78 is 5.45. The average molecular weight is 332 g/mol. The molecular weight excluding hydrogens is 314 g/mol. The van der Waals surface area contributed by atoms with Crippen molar-refractivity contribution in [1.29, 1.82) is 0 Å². The average Bonchev–Trinajstić information content (AvgIpc) is 2.37. The molecule has 0 aliphatic rings. The molecule has 0 atom stereocenters. The zero-order valence-corrected chi connectivity index (χ0v) is 12.9. The molecule has 1 aromatic rings. The summed E-state index contributed by atoms with van der Waals surface area (Å²) >= 11 is 5.01. The SMILES string of the molecule is CCOc1ccccc1NC(=O)CSCCCBr. The maximum absolute atomic E-state index is 11.7. The van der Waals surface area contributed by atoms with Gasteiger partial charge >= 0.3 is 0 Å². The van der Waals surface area contributed by atoms with Crippen LogP contribution in [-0.4, -0.2) is 29.3 Å². The second kappa shape index (κ2) is 9.28. The third-order valence-electron chi connectivity index (χ3n) is 2.12. The molecule has 0 unspecified atom stereocenters. The Hall–Kier alpha value is -0.680. The van der Waals surface area contributed by atoms with Crippen molar-refractivity contribution in [3.05, 3.63) is 24.3 Å². The first-order valence-electron chi connectivity index (χ1n) is 5.93. The lowest BCUT2D eigenvalue weighted by Crippen LogP contribution is -2.15. The number of carbonyl (C=O) groups is 1. The molecule has 0 fully saturated rings. The van der Waals surface area contributed by atoms with Crippen LogP contribution in [0.1, 0.15) is 13.3 Å². The molecule has 0 saturated heterocycles. The van der Waals surface area contributed by atoms with Gasteiger partial charge < -0.3 is 10.1 Å². The summed E-state index contributed by atoms with van der Waals surface area (Å²) in [5.74, 6) is 2.21. The van der Waals surface area contributed by atoms with Gasteiger partial charge in [0.15, 0.2) is 0 Å². The van der Waals surface area contributed by atoms with E-state index in [0.717, 1.165) is 28.9 Å². The number of benzene rings is 1. The van der Waals surface area contributed by atoms with E-state index >= 15 is 0 Å². The predicted molar refractivity (Wildman–Crippen MR) is 82.0 cm³/mol. The van der Waals surface area contributed by atoms with E-state index in [1.54, 1.807) is 11.8 Å². The van der Waals surface area contributed by atoms with E-state index in [4.69, 9.17) is 4.74 Å². The van der Waals surface area contributed by atoms with E-state index in [1.165, 1.54) is 0 Å². The molecule has 0 saturated carbocycles. The zero-order chi connectivity index (χ0) is 13.2. The first kappa shape index (κ1) is 15.4. The Labute approximate surface area is 121 Å². The monoisotopic (exact) mass is 331 g/mol. The van der Waals surface area contributed by atoms with Crippen LogP contribution in [-0.2, 0) is 4.79 Å². The smallest absolute Gasteiger partial charge is 0.234 e. The lowest BCUT2D eigenvalue weighted by molar-refractivity contribution is -0.113. The number of para-hydroxylation sites is 2. The lowest BCUT2D eigenvalue weighted by Gasteiger charge is -2.10. The summed E-state index contributed by atoms with van der Waals surface area (Å²) in [5.41, 5.74) is 0.741. The summed E-state index contributed by atoms with van der Waals surface area (Å²) in [4.78, 5) is 11.7. The number of nitrogens with one attached hydrogen (secondary N) is 1. The number of ether oxygens (including phenoxy) is 1. The molecular formula is C13H18BrNO2S. The van der Waals surface area contributed by atoms with Crippen LogP contribution in [0.2, 0.25) is 0 Å². The summed E-state index contributed by atoms with van der Waals surface area (Å²) in [6.45, 7) is 2.52. The number of carbonyl (C=O) groups excluding carboxylic acids is 1. The highest BCUT2D eigenvalue weighted by atomic mass is 79.9. The Morgan fingerprint density at radius 1 is 1.44 bits per heavy atom. The fourth-order valence-corrected chi connectivity index (χ4v) is 2.76. The van der Waals surface area contributed by atoms with Crippen LogP contribution in [0, 0.1) is 0 Å². The van der Waals surface area contributed by atoms with Gasteiger partial charge in [-0.15, -0.1) is 0 Å². The number of alkyl halides is 1. The molecule has 0 radical (unpaired) electrons. The third kappa shape index (κ3) is 5.78. The molecule has 1 rings (SSSR count). The molecule has 1 N–H and O–H groups in total. The van der Waals surface area contributed by atoms with Gasteiger partial charge in [0, 0.05) is 5.33 Å². The van der Waals surface area contributed by atoms with Gasteiger partial charge in [-0.05, 0) is 31.2 Å². The molecule has 1 aromatic carbocycles. The predicted octanol–water partition coefficient (Wildman–Crippen LogP) is 3.54. The highest BCUT2D eigenvalue weighted by Crippen LogP contribution is 2.23. The molecule has 0 heterocycles. The minimum Gasteiger partial charge on any atom is -0.492 e. The Kier molecular flexibility index (Phi) is 7.93. The van der Waals surface area contributed by atoms with Crippen LogP contribution in [0.4, 0.5) is 5.69 Å². The molecule has 0 aliphatic carbocycles. The lowest BCUT2D eigenvalue weighted by atomic mass is 10.3. The van der Waals surface area contributed by atoms with Crippen molar-refractivity contribution in [2.45, 2.75) is 13.3 Å². The van der Waals surface area contributed by atoms with Crippen molar-refractivity contribution in [1.82, 2.24) is 0 Å². The van der Waals surface area contributed by atoms with Crippen LogP contribution >= 0.6 is 27.7 Å². The Balaban J connectivity index is 2.43. The molecule has 0 spiro atoms. The van der Waals surface area contributed by atoms with E-state index in [1.807, 2.05) is 31.2 Å². The summed E-state index contributed by atoms with van der Waals surface area (Å²) in [7, 11) is 0. The molecule has 3 nitrogen and oxygen atoms in total. The molecule has 5 heteroatoms. The third-order valence-corrected chi connectivity index (χ3v) is 3.72. The van der Waals surface area contributed by atoms with Crippen molar-refractivity contribution in [3.63, 3.8) is 0 Å². The van der Waals surface area contributed by atoms with Gasteiger partial charge in [-0.3, -0.25) is 4.79 Å². The van der Waals surface area contributed by atoms with E-state index < -0.39 is 0 Å². The second-order valence-corrected chi connectivity index (χ2v) is 5.47. The van der Waals surface area contributed by atoms with E-state index in [2.05, 4.69) is 21.2 Å². The Morgan fingerprint density at radius 3 is 2.94 bits per heavy atom. The fourth-order valence-electron chi connectivity index (χ4n) is 1.36. The van der Waals surface area contributed by atoms with Crippen LogP contribution in [0.25, 0.3) is 0 Å². The number of amides is 1. The largest absolute Gasteiger partial charge is 0.492 e.